The Morgan fingerprint density at radius 3 is 2.67 bits per heavy atom. The monoisotopic (exact) mass is 173 g/mol. The molecule has 4 nitrogen and oxygen atoms in total. The van der Waals surface area contributed by atoms with Gasteiger partial charge in [-0.2, -0.15) is 0 Å². The fraction of sp³-hybridized carbons (Fsp3) is 0.875. The first kappa shape index (κ1) is 9.32. The van der Waals surface area contributed by atoms with E-state index in [1.165, 1.54) is 12.0 Å². The van der Waals surface area contributed by atoms with E-state index in [1.54, 1.807) is 0 Å². The predicted molar refractivity (Wildman–Crippen MR) is 43.8 cm³/mol. The normalized spacial score (nSPS) is 20.1. The molecule has 0 atom stereocenters. The molecule has 1 rings (SSSR count). The van der Waals surface area contributed by atoms with Crippen LogP contribution in [0, 0.1) is 0 Å². The van der Waals surface area contributed by atoms with Crippen LogP contribution in [0.2, 0.25) is 0 Å². The first-order chi connectivity index (χ1) is 5.61. The maximum atomic E-state index is 10.9. The Morgan fingerprint density at radius 2 is 2.25 bits per heavy atom. The summed E-state index contributed by atoms with van der Waals surface area (Å²) in [5.74, 6) is 0. The highest BCUT2D eigenvalue weighted by atomic mass is 16.5. The van der Waals surface area contributed by atoms with Crippen LogP contribution in [0.15, 0.2) is 0 Å². The second-order valence-corrected chi connectivity index (χ2v) is 3.30. The van der Waals surface area contributed by atoms with Gasteiger partial charge in [-0.25, -0.2) is 4.79 Å². The van der Waals surface area contributed by atoms with E-state index in [1.807, 2.05) is 6.92 Å². The Balaban J connectivity index is 2.31. The van der Waals surface area contributed by atoms with Gasteiger partial charge in [-0.15, -0.1) is 0 Å². The third-order valence-electron chi connectivity index (χ3n) is 2.12. The molecule has 1 saturated heterocycles. The Labute approximate surface area is 72.1 Å². The summed E-state index contributed by atoms with van der Waals surface area (Å²) in [5.41, 5.74) is -0.650. The van der Waals surface area contributed by atoms with Crippen molar-refractivity contribution < 1.29 is 14.6 Å². The highest BCUT2D eigenvalue weighted by Crippen LogP contribution is 2.25. The molecule has 1 N–H and O–H groups in total. The van der Waals surface area contributed by atoms with Crippen molar-refractivity contribution in [2.45, 2.75) is 25.4 Å². The Hall–Kier alpha value is -0.770. The second-order valence-electron chi connectivity index (χ2n) is 3.30. The molecule has 70 valence electrons. The number of nitrogens with zero attached hydrogens (tertiary/aromatic N) is 1. The Morgan fingerprint density at radius 1 is 1.67 bits per heavy atom. The zero-order valence-electron chi connectivity index (χ0n) is 7.54. The SMILES string of the molecule is CCCC1(O)CN(C(=O)OC)C1. The number of amides is 1. The van der Waals surface area contributed by atoms with E-state index < -0.39 is 5.60 Å². The Kier molecular flexibility index (Phi) is 2.57. The molecule has 0 spiro atoms. The van der Waals surface area contributed by atoms with Crippen LogP contribution in [0.3, 0.4) is 0 Å². The van der Waals surface area contributed by atoms with Crippen molar-refractivity contribution in [3.63, 3.8) is 0 Å². The van der Waals surface area contributed by atoms with E-state index in [2.05, 4.69) is 4.74 Å². The zero-order valence-corrected chi connectivity index (χ0v) is 7.54. The number of β-amino-alcohol motifs (C(OH)–C–C–N with tert-alkyl or cyclic N) is 1. The first-order valence-electron chi connectivity index (χ1n) is 4.16. The molecule has 0 bridgehead atoms. The van der Waals surface area contributed by atoms with E-state index in [4.69, 9.17) is 0 Å². The van der Waals surface area contributed by atoms with Gasteiger partial charge in [0, 0.05) is 0 Å². The third-order valence-corrected chi connectivity index (χ3v) is 2.12. The number of hydrogen-bond acceptors (Lipinski definition) is 3. The van der Waals surface area contributed by atoms with Gasteiger partial charge in [0.25, 0.3) is 0 Å². The van der Waals surface area contributed by atoms with Crippen LogP contribution < -0.4 is 0 Å². The largest absolute Gasteiger partial charge is 0.453 e. The van der Waals surface area contributed by atoms with E-state index in [-0.39, 0.29) is 6.09 Å². The summed E-state index contributed by atoms with van der Waals surface area (Å²) < 4.78 is 4.50. The summed E-state index contributed by atoms with van der Waals surface area (Å²) in [4.78, 5) is 12.4. The number of ether oxygens (including phenoxy) is 1. The molecule has 1 heterocycles. The minimum atomic E-state index is -0.650. The van der Waals surface area contributed by atoms with E-state index in [0.717, 1.165) is 12.8 Å². The van der Waals surface area contributed by atoms with Crippen molar-refractivity contribution >= 4 is 6.09 Å². The van der Waals surface area contributed by atoms with Crippen LogP contribution in [0.4, 0.5) is 4.79 Å². The fourth-order valence-corrected chi connectivity index (χ4v) is 1.55. The molecular weight excluding hydrogens is 158 g/mol. The number of carbonyl (C=O) groups is 1. The van der Waals surface area contributed by atoms with Gasteiger partial charge in [0.2, 0.25) is 0 Å². The average molecular weight is 173 g/mol. The van der Waals surface area contributed by atoms with Crippen molar-refractivity contribution in [1.82, 2.24) is 4.90 Å². The van der Waals surface area contributed by atoms with Crippen LogP contribution in [0.5, 0.6) is 0 Å². The molecule has 4 heteroatoms. The van der Waals surface area contributed by atoms with E-state index in [9.17, 15) is 9.90 Å². The molecule has 0 aromatic carbocycles. The van der Waals surface area contributed by atoms with Gasteiger partial charge in [-0.05, 0) is 6.42 Å². The molecule has 1 fully saturated rings. The first-order valence-corrected chi connectivity index (χ1v) is 4.16. The molecule has 1 aliphatic heterocycles. The van der Waals surface area contributed by atoms with Crippen molar-refractivity contribution in [2.24, 2.45) is 0 Å². The van der Waals surface area contributed by atoms with Gasteiger partial charge in [-0.1, -0.05) is 13.3 Å². The highest BCUT2D eigenvalue weighted by molar-refractivity contribution is 5.68. The van der Waals surface area contributed by atoms with Gasteiger partial charge in [0.15, 0.2) is 0 Å². The molecule has 0 saturated carbocycles. The zero-order chi connectivity index (χ0) is 9.19. The van der Waals surface area contributed by atoms with Crippen LogP contribution in [-0.2, 0) is 4.74 Å². The smallest absolute Gasteiger partial charge is 0.409 e. The fourth-order valence-electron chi connectivity index (χ4n) is 1.55. The number of carbonyl (C=O) groups excluding carboxylic acids is 1. The highest BCUT2D eigenvalue weighted by Gasteiger charge is 2.43. The summed E-state index contributed by atoms with van der Waals surface area (Å²) in [7, 11) is 1.35. The summed E-state index contributed by atoms with van der Waals surface area (Å²) in [5, 5.41) is 9.68. The van der Waals surface area contributed by atoms with Crippen LogP contribution in [0.1, 0.15) is 19.8 Å². The van der Waals surface area contributed by atoms with Crippen molar-refractivity contribution in [2.75, 3.05) is 20.2 Å². The lowest BCUT2D eigenvalue weighted by molar-refractivity contribution is -0.0914. The van der Waals surface area contributed by atoms with Gasteiger partial charge in [-0.3, -0.25) is 0 Å². The number of rotatable bonds is 2. The lowest BCUT2D eigenvalue weighted by Gasteiger charge is -2.45. The lowest BCUT2D eigenvalue weighted by atomic mass is 9.90. The quantitative estimate of drug-likeness (QED) is 0.665. The molecule has 12 heavy (non-hydrogen) atoms. The summed E-state index contributed by atoms with van der Waals surface area (Å²) in [6, 6.07) is 0. The van der Waals surface area contributed by atoms with Crippen LogP contribution in [-0.4, -0.2) is 41.9 Å². The van der Waals surface area contributed by atoms with Gasteiger partial charge >= 0.3 is 6.09 Å². The van der Waals surface area contributed by atoms with Crippen molar-refractivity contribution in [3.05, 3.63) is 0 Å². The number of aliphatic hydroxyl groups is 1. The molecule has 0 unspecified atom stereocenters. The molecule has 1 aliphatic rings. The van der Waals surface area contributed by atoms with Crippen LogP contribution >= 0.6 is 0 Å². The van der Waals surface area contributed by atoms with Gasteiger partial charge in [0.05, 0.1) is 25.8 Å². The lowest BCUT2D eigenvalue weighted by Crippen LogP contribution is -2.63. The predicted octanol–water partition coefficient (Wildman–Crippen LogP) is 0.600. The standard InChI is InChI=1S/C8H15NO3/c1-3-4-8(11)5-9(6-8)7(10)12-2/h11H,3-6H2,1-2H3. The van der Waals surface area contributed by atoms with E-state index in [0.29, 0.717) is 13.1 Å². The molecular formula is C8H15NO3. The molecule has 0 aromatic heterocycles. The summed E-state index contributed by atoms with van der Waals surface area (Å²) >= 11 is 0. The van der Waals surface area contributed by atoms with E-state index >= 15 is 0 Å². The second kappa shape index (κ2) is 3.31. The maximum absolute atomic E-state index is 10.9. The number of hydrogen-bond donors (Lipinski definition) is 1. The van der Waals surface area contributed by atoms with Crippen molar-refractivity contribution in [3.8, 4) is 0 Å². The summed E-state index contributed by atoms with van der Waals surface area (Å²) in [6.07, 6.45) is 1.34. The molecule has 0 aromatic rings. The topological polar surface area (TPSA) is 49.8 Å². The van der Waals surface area contributed by atoms with Gasteiger partial charge < -0.3 is 14.7 Å². The summed E-state index contributed by atoms with van der Waals surface area (Å²) in [6.45, 7) is 2.83. The average Bonchev–Trinajstić information content (AvgIpc) is 1.99. The molecule has 1 amide bonds. The molecule has 0 radical (unpaired) electrons. The third kappa shape index (κ3) is 1.69. The molecule has 0 aliphatic carbocycles. The number of likely N-dealkylation sites (tertiary alicyclic amines) is 1. The maximum Gasteiger partial charge on any atom is 0.409 e. The minimum absolute atomic E-state index is 0.351. The number of methoxy groups -OCH3 is 1. The van der Waals surface area contributed by atoms with Crippen molar-refractivity contribution in [1.29, 1.82) is 0 Å². The van der Waals surface area contributed by atoms with Gasteiger partial charge in [0.1, 0.15) is 0 Å². The minimum Gasteiger partial charge on any atom is -0.453 e. The Bertz CT molecular complexity index is 175. The van der Waals surface area contributed by atoms with Crippen LogP contribution in [0.25, 0.3) is 0 Å².